The van der Waals surface area contributed by atoms with Gasteiger partial charge in [-0.2, -0.15) is 0 Å². The van der Waals surface area contributed by atoms with E-state index in [0.29, 0.717) is 30.9 Å². The Hall–Kier alpha value is -1.78. The molecule has 1 aromatic carbocycles. The summed E-state index contributed by atoms with van der Waals surface area (Å²) in [4.78, 5) is 12.8. The van der Waals surface area contributed by atoms with Gasteiger partial charge in [0.25, 0.3) is 0 Å². The fraction of sp³-hybridized carbons (Fsp3) is 0.462. The molecule has 0 aliphatic carbocycles. The van der Waals surface area contributed by atoms with Crippen LogP contribution >= 0.6 is 0 Å². The van der Waals surface area contributed by atoms with Gasteiger partial charge in [0, 0.05) is 19.2 Å². The van der Waals surface area contributed by atoms with Gasteiger partial charge in [-0.25, -0.2) is 4.39 Å². The average molecular weight is 253 g/mol. The van der Waals surface area contributed by atoms with Crippen LogP contribution in [0.2, 0.25) is 0 Å². The smallest absolute Gasteiger partial charge is 0.308 e. The summed E-state index contributed by atoms with van der Waals surface area (Å²) < 4.78 is 18.8. The van der Waals surface area contributed by atoms with Crippen LogP contribution in [0.25, 0.3) is 0 Å². The molecule has 1 aliphatic rings. The van der Waals surface area contributed by atoms with Crippen molar-refractivity contribution in [1.29, 1.82) is 0 Å². The lowest BCUT2D eigenvalue weighted by Gasteiger charge is -2.32. The highest BCUT2D eigenvalue weighted by atomic mass is 19.1. The molecule has 1 N–H and O–H groups in total. The monoisotopic (exact) mass is 253 g/mol. The number of anilines is 1. The zero-order valence-corrected chi connectivity index (χ0v) is 10.2. The summed E-state index contributed by atoms with van der Waals surface area (Å²) in [5.74, 6) is -1.14. The first-order chi connectivity index (χ1) is 8.61. The zero-order chi connectivity index (χ0) is 13.1. The van der Waals surface area contributed by atoms with Crippen LogP contribution in [0.15, 0.2) is 18.2 Å². The minimum atomic E-state index is -0.811. The Balaban J connectivity index is 2.18. The predicted octanol–water partition coefficient (Wildman–Crippen LogP) is 2.14. The van der Waals surface area contributed by atoms with Gasteiger partial charge in [-0.05, 0) is 25.0 Å². The Morgan fingerprint density at radius 3 is 2.94 bits per heavy atom. The summed E-state index contributed by atoms with van der Waals surface area (Å²) in [5.41, 5.74) is 0.446. The van der Waals surface area contributed by atoms with Gasteiger partial charge < -0.3 is 14.7 Å². The molecule has 0 spiro atoms. The first-order valence-electron chi connectivity index (χ1n) is 5.93. The number of hydrogen-bond donors (Lipinski definition) is 1. The van der Waals surface area contributed by atoms with E-state index in [0.717, 1.165) is 6.42 Å². The van der Waals surface area contributed by atoms with Gasteiger partial charge in [0.2, 0.25) is 0 Å². The standard InChI is InChI=1S/C13H16FNO3/c1-18-10-4-5-12(11(14)7-10)15-6-2-3-9(8-15)13(16)17/h4-5,7,9H,2-3,6,8H2,1H3,(H,16,17). The molecule has 0 radical (unpaired) electrons. The first kappa shape index (κ1) is 12.7. The molecule has 5 heteroatoms. The third-order valence-corrected chi connectivity index (χ3v) is 3.27. The number of methoxy groups -OCH3 is 1. The average Bonchev–Trinajstić information content (AvgIpc) is 2.38. The van der Waals surface area contributed by atoms with Crippen molar-refractivity contribution in [1.82, 2.24) is 0 Å². The molecule has 18 heavy (non-hydrogen) atoms. The number of benzene rings is 1. The second-order valence-electron chi connectivity index (χ2n) is 4.44. The molecule has 0 aromatic heterocycles. The number of hydrogen-bond acceptors (Lipinski definition) is 3. The van der Waals surface area contributed by atoms with E-state index in [-0.39, 0.29) is 5.82 Å². The maximum Gasteiger partial charge on any atom is 0.308 e. The van der Waals surface area contributed by atoms with Crippen molar-refractivity contribution in [2.45, 2.75) is 12.8 Å². The summed E-state index contributed by atoms with van der Waals surface area (Å²) in [7, 11) is 1.48. The van der Waals surface area contributed by atoms with Gasteiger partial charge in [0.1, 0.15) is 11.6 Å². The molecule has 2 rings (SSSR count). The maximum atomic E-state index is 13.9. The highest BCUT2D eigenvalue weighted by Crippen LogP contribution is 2.28. The SMILES string of the molecule is COc1ccc(N2CCCC(C(=O)O)C2)c(F)c1. The predicted molar refractivity (Wildman–Crippen MR) is 65.5 cm³/mol. The number of carboxylic acid groups (broad SMARTS) is 1. The van der Waals surface area contributed by atoms with Crippen molar-refractivity contribution in [2.75, 3.05) is 25.1 Å². The van der Waals surface area contributed by atoms with Crippen LogP contribution in [0.4, 0.5) is 10.1 Å². The van der Waals surface area contributed by atoms with Crippen LogP contribution in [0.5, 0.6) is 5.75 Å². The van der Waals surface area contributed by atoms with E-state index in [4.69, 9.17) is 9.84 Å². The lowest BCUT2D eigenvalue weighted by atomic mass is 9.98. The number of rotatable bonds is 3. The summed E-state index contributed by atoms with van der Waals surface area (Å²) >= 11 is 0. The number of ether oxygens (including phenoxy) is 1. The van der Waals surface area contributed by atoms with Gasteiger partial charge in [0.15, 0.2) is 0 Å². The largest absolute Gasteiger partial charge is 0.497 e. The van der Waals surface area contributed by atoms with Crippen molar-refractivity contribution in [3.8, 4) is 5.75 Å². The van der Waals surface area contributed by atoms with Crippen LogP contribution in [0.3, 0.4) is 0 Å². The topological polar surface area (TPSA) is 49.8 Å². The van der Waals surface area contributed by atoms with Crippen molar-refractivity contribution in [3.05, 3.63) is 24.0 Å². The van der Waals surface area contributed by atoms with Crippen molar-refractivity contribution in [3.63, 3.8) is 0 Å². The molecule has 4 nitrogen and oxygen atoms in total. The number of nitrogens with zero attached hydrogens (tertiary/aromatic N) is 1. The molecule has 1 aromatic rings. The summed E-state index contributed by atoms with van der Waals surface area (Å²) in [6.45, 7) is 1.05. The molecule has 1 saturated heterocycles. The minimum absolute atomic E-state index is 0.360. The van der Waals surface area contributed by atoms with E-state index < -0.39 is 11.9 Å². The third kappa shape index (κ3) is 2.55. The highest BCUT2D eigenvalue weighted by Gasteiger charge is 2.26. The van der Waals surface area contributed by atoms with Crippen molar-refractivity contribution in [2.24, 2.45) is 5.92 Å². The number of halogens is 1. The van der Waals surface area contributed by atoms with E-state index in [2.05, 4.69) is 0 Å². The Kier molecular flexibility index (Phi) is 3.69. The molecule has 98 valence electrons. The number of piperidine rings is 1. The minimum Gasteiger partial charge on any atom is -0.497 e. The van der Waals surface area contributed by atoms with Gasteiger partial charge in [-0.3, -0.25) is 4.79 Å². The molecule has 0 saturated carbocycles. The van der Waals surface area contributed by atoms with Gasteiger partial charge >= 0.3 is 5.97 Å². The summed E-state index contributed by atoms with van der Waals surface area (Å²) in [5, 5.41) is 9.01. The summed E-state index contributed by atoms with van der Waals surface area (Å²) in [6, 6.07) is 4.64. The summed E-state index contributed by atoms with van der Waals surface area (Å²) in [6.07, 6.45) is 1.42. The Bertz CT molecular complexity index is 450. The number of carbonyl (C=O) groups is 1. The Labute approximate surface area is 105 Å². The fourth-order valence-corrected chi connectivity index (χ4v) is 2.27. The van der Waals surface area contributed by atoms with E-state index in [1.807, 2.05) is 0 Å². The van der Waals surface area contributed by atoms with Crippen LogP contribution in [-0.2, 0) is 4.79 Å². The molecule has 1 heterocycles. The van der Waals surface area contributed by atoms with E-state index >= 15 is 0 Å². The normalized spacial score (nSPS) is 19.7. The first-order valence-corrected chi connectivity index (χ1v) is 5.93. The zero-order valence-electron chi connectivity index (χ0n) is 10.2. The lowest BCUT2D eigenvalue weighted by Crippen LogP contribution is -2.39. The molecule has 1 atom stereocenters. The molecular weight excluding hydrogens is 237 g/mol. The number of aliphatic carboxylic acids is 1. The number of carboxylic acids is 1. The van der Waals surface area contributed by atoms with Crippen molar-refractivity contribution < 1.29 is 19.0 Å². The second-order valence-corrected chi connectivity index (χ2v) is 4.44. The van der Waals surface area contributed by atoms with Crippen LogP contribution in [0, 0.1) is 11.7 Å². The molecule has 1 unspecified atom stereocenters. The highest BCUT2D eigenvalue weighted by molar-refractivity contribution is 5.71. The molecule has 1 aliphatic heterocycles. The Morgan fingerprint density at radius 2 is 2.33 bits per heavy atom. The van der Waals surface area contributed by atoms with E-state index in [1.54, 1.807) is 17.0 Å². The van der Waals surface area contributed by atoms with Gasteiger partial charge in [-0.1, -0.05) is 0 Å². The van der Waals surface area contributed by atoms with Crippen LogP contribution in [0.1, 0.15) is 12.8 Å². The Morgan fingerprint density at radius 1 is 1.56 bits per heavy atom. The molecular formula is C13H16FNO3. The lowest BCUT2D eigenvalue weighted by molar-refractivity contribution is -0.141. The quantitative estimate of drug-likeness (QED) is 0.896. The molecule has 0 bridgehead atoms. The maximum absolute atomic E-state index is 13.9. The van der Waals surface area contributed by atoms with Gasteiger partial charge in [-0.15, -0.1) is 0 Å². The van der Waals surface area contributed by atoms with Crippen molar-refractivity contribution >= 4 is 11.7 Å². The molecule has 0 amide bonds. The fourth-order valence-electron chi connectivity index (χ4n) is 2.27. The van der Waals surface area contributed by atoms with Crippen LogP contribution < -0.4 is 9.64 Å². The third-order valence-electron chi connectivity index (χ3n) is 3.27. The van der Waals surface area contributed by atoms with Crippen LogP contribution in [-0.4, -0.2) is 31.3 Å². The van der Waals surface area contributed by atoms with Gasteiger partial charge in [0.05, 0.1) is 18.7 Å². The van der Waals surface area contributed by atoms with E-state index in [1.165, 1.54) is 13.2 Å². The molecule has 1 fully saturated rings. The van der Waals surface area contributed by atoms with E-state index in [9.17, 15) is 9.18 Å². The second kappa shape index (κ2) is 5.25.